The Bertz CT molecular complexity index is 1140. The van der Waals surface area contributed by atoms with Crippen molar-refractivity contribution in [2.75, 3.05) is 7.11 Å². The van der Waals surface area contributed by atoms with Crippen LogP contribution in [0.5, 0.6) is 5.75 Å². The Morgan fingerprint density at radius 2 is 1.83 bits per heavy atom. The Hall–Kier alpha value is -3.41. The number of rotatable bonds is 4. The van der Waals surface area contributed by atoms with Crippen LogP contribution in [0, 0.1) is 13.8 Å². The molecule has 6 nitrogen and oxygen atoms in total. The second-order valence-electron chi connectivity index (χ2n) is 7.52. The molecule has 1 atom stereocenters. The molecule has 1 fully saturated rings. The van der Waals surface area contributed by atoms with Crippen LogP contribution in [0.15, 0.2) is 48.7 Å². The molecule has 0 saturated carbocycles. The van der Waals surface area contributed by atoms with Gasteiger partial charge in [-0.15, -0.1) is 0 Å². The standard InChI is InChI=1S/C23H23N3O3/c1-14-12-24-19(15(2)20(14)29-4)13-26-21(27)23(3,25-22(26)28)18-11-7-9-16-8-5-6-10-17(16)18/h5-12H,13H2,1-4H3,(H,25,28)/t23-/m1/s1. The minimum Gasteiger partial charge on any atom is -0.496 e. The van der Waals surface area contributed by atoms with Crippen molar-refractivity contribution in [1.82, 2.24) is 15.2 Å². The molecule has 4 rings (SSSR count). The lowest BCUT2D eigenvalue weighted by Gasteiger charge is -2.24. The van der Waals surface area contributed by atoms with Crippen LogP contribution in [0.25, 0.3) is 10.8 Å². The van der Waals surface area contributed by atoms with Gasteiger partial charge in [-0.2, -0.15) is 0 Å². The van der Waals surface area contributed by atoms with Gasteiger partial charge in [0.05, 0.1) is 19.3 Å². The van der Waals surface area contributed by atoms with E-state index in [0.717, 1.165) is 33.2 Å². The molecule has 0 spiro atoms. The van der Waals surface area contributed by atoms with Gasteiger partial charge in [-0.3, -0.25) is 14.7 Å². The molecule has 0 bridgehead atoms. The van der Waals surface area contributed by atoms with Gasteiger partial charge >= 0.3 is 6.03 Å². The monoisotopic (exact) mass is 389 g/mol. The summed E-state index contributed by atoms with van der Waals surface area (Å²) in [7, 11) is 1.60. The van der Waals surface area contributed by atoms with E-state index in [2.05, 4.69) is 10.3 Å². The van der Waals surface area contributed by atoms with E-state index in [1.165, 1.54) is 4.90 Å². The highest BCUT2D eigenvalue weighted by Crippen LogP contribution is 2.35. The number of fused-ring (bicyclic) bond motifs is 1. The smallest absolute Gasteiger partial charge is 0.325 e. The first-order valence-electron chi connectivity index (χ1n) is 9.48. The minimum atomic E-state index is -1.14. The molecule has 3 aromatic rings. The molecule has 0 unspecified atom stereocenters. The van der Waals surface area contributed by atoms with Gasteiger partial charge in [-0.1, -0.05) is 42.5 Å². The normalized spacial score (nSPS) is 19.0. The average Bonchev–Trinajstić information content (AvgIpc) is 2.93. The SMILES string of the molecule is COc1c(C)cnc(CN2C(=O)N[C@](C)(c3cccc4ccccc34)C2=O)c1C. The van der Waals surface area contributed by atoms with Crippen molar-refractivity contribution in [2.24, 2.45) is 0 Å². The van der Waals surface area contributed by atoms with Crippen LogP contribution in [0.4, 0.5) is 4.79 Å². The molecule has 1 saturated heterocycles. The third-order valence-corrected chi connectivity index (χ3v) is 5.66. The molecule has 1 aliphatic rings. The summed E-state index contributed by atoms with van der Waals surface area (Å²) < 4.78 is 5.45. The molecule has 2 aromatic carbocycles. The fourth-order valence-electron chi connectivity index (χ4n) is 4.06. The van der Waals surface area contributed by atoms with Crippen LogP contribution in [-0.2, 0) is 16.9 Å². The third-order valence-electron chi connectivity index (χ3n) is 5.66. The van der Waals surface area contributed by atoms with Crippen molar-refractivity contribution in [3.8, 4) is 5.75 Å². The van der Waals surface area contributed by atoms with E-state index in [0.29, 0.717) is 5.69 Å². The van der Waals surface area contributed by atoms with Gasteiger partial charge in [0.2, 0.25) is 0 Å². The van der Waals surface area contributed by atoms with Crippen molar-refractivity contribution >= 4 is 22.7 Å². The van der Waals surface area contributed by atoms with E-state index in [-0.39, 0.29) is 12.5 Å². The summed E-state index contributed by atoms with van der Waals surface area (Å²) in [6.07, 6.45) is 1.70. The zero-order valence-electron chi connectivity index (χ0n) is 16.9. The summed E-state index contributed by atoms with van der Waals surface area (Å²) >= 11 is 0. The van der Waals surface area contributed by atoms with Gasteiger partial charge in [0, 0.05) is 17.3 Å². The summed E-state index contributed by atoms with van der Waals surface area (Å²) in [5, 5.41) is 4.86. The van der Waals surface area contributed by atoms with Crippen LogP contribution in [0.1, 0.15) is 29.3 Å². The van der Waals surface area contributed by atoms with Crippen LogP contribution < -0.4 is 10.1 Å². The Labute approximate surface area is 169 Å². The molecule has 6 heteroatoms. The predicted molar refractivity (Wildman–Crippen MR) is 111 cm³/mol. The Balaban J connectivity index is 1.73. The number of hydrogen-bond acceptors (Lipinski definition) is 4. The van der Waals surface area contributed by atoms with Crippen molar-refractivity contribution in [1.29, 1.82) is 0 Å². The number of aromatic nitrogens is 1. The van der Waals surface area contributed by atoms with Crippen molar-refractivity contribution < 1.29 is 14.3 Å². The molecule has 29 heavy (non-hydrogen) atoms. The molecular weight excluding hydrogens is 366 g/mol. The topological polar surface area (TPSA) is 71.5 Å². The van der Waals surface area contributed by atoms with Gasteiger partial charge in [-0.05, 0) is 37.1 Å². The number of amides is 3. The highest BCUT2D eigenvalue weighted by Gasteiger charge is 2.49. The lowest BCUT2D eigenvalue weighted by Crippen LogP contribution is -2.41. The van der Waals surface area contributed by atoms with E-state index in [9.17, 15) is 9.59 Å². The first kappa shape index (κ1) is 18.9. The average molecular weight is 389 g/mol. The molecule has 2 heterocycles. The van der Waals surface area contributed by atoms with E-state index in [1.54, 1.807) is 20.2 Å². The lowest BCUT2D eigenvalue weighted by atomic mass is 9.88. The quantitative estimate of drug-likeness (QED) is 0.689. The van der Waals surface area contributed by atoms with Crippen LogP contribution in [0.2, 0.25) is 0 Å². The van der Waals surface area contributed by atoms with Crippen molar-refractivity contribution in [2.45, 2.75) is 32.9 Å². The number of pyridine rings is 1. The number of carbonyl (C=O) groups excluding carboxylic acids is 2. The maximum atomic E-state index is 13.4. The van der Waals surface area contributed by atoms with Crippen LogP contribution in [-0.4, -0.2) is 28.9 Å². The Morgan fingerprint density at radius 3 is 2.59 bits per heavy atom. The molecular formula is C23H23N3O3. The zero-order valence-corrected chi connectivity index (χ0v) is 16.9. The highest BCUT2D eigenvalue weighted by molar-refractivity contribution is 6.09. The van der Waals surface area contributed by atoms with Crippen LogP contribution >= 0.6 is 0 Å². The Morgan fingerprint density at radius 1 is 1.10 bits per heavy atom. The number of methoxy groups -OCH3 is 1. The number of carbonyl (C=O) groups is 2. The van der Waals surface area contributed by atoms with Gasteiger partial charge in [-0.25, -0.2) is 4.79 Å². The molecule has 3 amide bonds. The molecule has 148 valence electrons. The number of aryl methyl sites for hydroxylation is 1. The molecule has 1 aliphatic heterocycles. The number of nitrogens with zero attached hydrogens (tertiary/aromatic N) is 2. The second kappa shape index (κ2) is 6.88. The maximum absolute atomic E-state index is 13.4. The predicted octanol–water partition coefficient (Wildman–Crippen LogP) is 3.83. The summed E-state index contributed by atoms with van der Waals surface area (Å²) in [5.74, 6) is 0.429. The number of ether oxygens (including phenoxy) is 1. The summed E-state index contributed by atoms with van der Waals surface area (Å²) in [5.41, 5.74) is 2.01. The molecule has 1 N–H and O–H groups in total. The Kier molecular flexibility index (Phi) is 4.49. The maximum Gasteiger partial charge on any atom is 0.325 e. The number of imide groups is 1. The minimum absolute atomic E-state index is 0.0908. The zero-order chi connectivity index (χ0) is 20.8. The first-order valence-corrected chi connectivity index (χ1v) is 9.48. The molecule has 0 radical (unpaired) electrons. The fourth-order valence-corrected chi connectivity index (χ4v) is 4.06. The van der Waals surface area contributed by atoms with Crippen LogP contribution in [0.3, 0.4) is 0 Å². The fraction of sp³-hybridized carbons (Fsp3) is 0.261. The summed E-state index contributed by atoms with van der Waals surface area (Å²) in [6.45, 7) is 5.64. The summed E-state index contributed by atoms with van der Waals surface area (Å²) in [6, 6.07) is 13.2. The van der Waals surface area contributed by atoms with Crippen molar-refractivity contribution in [3.05, 3.63) is 71.0 Å². The van der Waals surface area contributed by atoms with Gasteiger partial charge < -0.3 is 10.1 Å². The lowest BCUT2D eigenvalue weighted by molar-refractivity contribution is -0.131. The molecule has 0 aliphatic carbocycles. The largest absolute Gasteiger partial charge is 0.496 e. The first-order chi connectivity index (χ1) is 13.9. The van der Waals surface area contributed by atoms with Gasteiger partial charge in [0.15, 0.2) is 0 Å². The number of urea groups is 1. The van der Waals surface area contributed by atoms with Gasteiger partial charge in [0.1, 0.15) is 11.3 Å². The summed E-state index contributed by atoms with van der Waals surface area (Å²) in [4.78, 5) is 31.8. The highest BCUT2D eigenvalue weighted by atomic mass is 16.5. The van der Waals surface area contributed by atoms with E-state index in [4.69, 9.17) is 4.74 Å². The second-order valence-corrected chi connectivity index (χ2v) is 7.52. The number of nitrogens with one attached hydrogen (secondary N) is 1. The van der Waals surface area contributed by atoms with Crippen molar-refractivity contribution in [3.63, 3.8) is 0 Å². The third kappa shape index (κ3) is 2.92. The van der Waals surface area contributed by atoms with E-state index < -0.39 is 11.6 Å². The number of hydrogen-bond donors (Lipinski definition) is 1. The van der Waals surface area contributed by atoms with E-state index >= 15 is 0 Å². The number of benzene rings is 2. The van der Waals surface area contributed by atoms with Gasteiger partial charge in [0.25, 0.3) is 5.91 Å². The van der Waals surface area contributed by atoms with E-state index in [1.807, 2.05) is 56.3 Å². The molecule has 1 aromatic heterocycles.